The number of aliphatic hydroxyl groups excluding tert-OH is 1. The van der Waals surface area contributed by atoms with Gasteiger partial charge < -0.3 is 5.11 Å². The Bertz CT molecular complexity index is 661. The summed E-state index contributed by atoms with van der Waals surface area (Å²) < 4.78 is 76.8. The zero-order valence-electron chi connectivity index (χ0n) is 10.8. The van der Waals surface area contributed by atoms with E-state index in [0.29, 0.717) is 12.1 Å². The summed E-state index contributed by atoms with van der Waals surface area (Å²) in [4.78, 5) is 3.60. The fourth-order valence-electron chi connectivity index (χ4n) is 1.99. The van der Waals surface area contributed by atoms with Gasteiger partial charge in [0.25, 0.3) is 0 Å². The largest absolute Gasteiger partial charge is 0.418 e. The van der Waals surface area contributed by atoms with Gasteiger partial charge in [-0.25, -0.2) is 0 Å². The van der Waals surface area contributed by atoms with Crippen molar-refractivity contribution < 1.29 is 31.4 Å². The topological polar surface area (TPSA) is 33.1 Å². The maximum absolute atomic E-state index is 13.1. The van der Waals surface area contributed by atoms with E-state index < -0.39 is 41.3 Å². The highest BCUT2D eigenvalue weighted by Crippen LogP contribution is 2.39. The van der Waals surface area contributed by atoms with Gasteiger partial charge in [0.05, 0.1) is 23.4 Å². The number of halogens is 6. The number of hydrogen-bond donors (Lipinski definition) is 1. The summed E-state index contributed by atoms with van der Waals surface area (Å²) in [5.41, 5.74) is -3.15. The van der Waals surface area contributed by atoms with Gasteiger partial charge in [-0.2, -0.15) is 26.3 Å². The van der Waals surface area contributed by atoms with E-state index in [1.165, 1.54) is 0 Å². The highest BCUT2D eigenvalue weighted by Gasteiger charge is 2.37. The number of rotatable bonds is 2. The van der Waals surface area contributed by atoms with E-state index in [2.05, 4.69) is 4.98 Å². The first-order valence-electron chi connectivity index (χ1n) is 5.98. The maximum Gasteiger partial charge on any atom is 0.418 e. The molecule has 0 aliphatic carbocycles. The molecular weight excluding hydrogens is 312 g/mol. The average Bonchev–Trinajstić information content (AvgIpc) is 2.44. The second kappa shape index (κ2) is 5.60. The summed E-state index contributed by atoms with van der Waals surface area (Å²) in [7, 11) is 0. The highest BCUT2D eigenvalue weighted by molar-refractivity contribution is 5.65. The second-order valence-corrected chi connectivity index (χ2v) is 4.42. The quantitative estimate of drug-likeness (QED) is 0.838. The van der Waals surface area contributed by atoms with Crippen LogP contribution in [0.3, 0.4) is 0 Å². The van der Waals surface area contributed by atoms with Crippen LogP contribution < -0.4 is 0 Å². The molecule has 0 saturated heterocycles. The predicted octanol–water partition coefficient (Wildman–Crippen LogP) is 4.28. The summed E-state index contributed by atoms with van der Waals surface area (Å²) >= 11 is 0. The van der Waals surface area contributed by atoms with Crippen molar-refractivity contribution in [3.63, 3.8) is 0 Å². The summed E-state index contributed by atoms with van der Waals surface area (Å²) in [6, 6.07) is 4.21. The molecule has 0 spiro atoms. The molecule has 118 valence electrons. The van der Waals surface area contributed by atoms with Crippen LogP contribution in [0.4, 0.5) is 26.3 Å². The minimum absolute atomic E-state index is 0.115. The monoisotopic (exact) mass is 321 g/mol. The molecule has 1 aromatic heterocycles. The Morgan fingerprint density at radius 2 is 1.45 bits per heavy atom. The van der Waals surface area contributed by atoms with Crippen LogP contribution in [0.2, 0.25) is 0 Å². The highest BCUT2D eigenvalue weighted by atomic mass is 19.4. The van der Waals surface area contributed by atoms with E-state index in [9.17, 15) is 26.3 Å². The Hall–Kier alpha value is -2.09. The van der Waals surface area contributed by atoms with Crippen LogP contribution in [0, 0.1) is 0 Å². The van der Waals surface area contributed by atoms with E-state index in [1.807, 2.05) is 0 Å². The molecule has 0 aliphatic heterocycles. The zero-order chi connectivity index (χ0) is 16.5. The molecule has 0 bridgehead atoms. The second-order valence-electron chi connectivity index (χ2n) is 4.42. The summed E-state index contributed by atoms with van der Waals surface area (Å²) in [5.74, 6) is 0. The van der Waals surface area contributed by atoms with Gasteiger partial charge in [-0.05, 0) is 23.8 Å². The Labute approximate surface area is 121 Å². The molecule has 2 nitrogen and oxygen atoms in total. The van der Waals surface area contributed by atoms with Gasteiger partial charge in [-0.15, -0.1) is 0 Å². The minimum atomic E-state index is -4.79. The van der Waals surface area contributed by atoms with Crippen molar-refractivity contribution in [1.29, 1.82) is 0 Å². The normalized spacial score (nSPS) is 12.5. The molecule has 22 heavy (non-hydrogen) atoms. The number of pyridine rings is 1. The number of hydrogen-bond acceptors (Lipinski definition) is 2. The summed E-state index contributed by atoms with van der Waals surface area (Å²) in [6.07, 6.45) is -8.30. The number of nitrogens with zero attached hydrogens (tertiary/aromatic N) is 1. The van der Waals surface area contributed by atoms with Gasteiger partial charge in [0.15, 0.2) is 0 Å². The molecule has 0 atom stereocenters. The van der Waals surface area contributed by atoms with Gasteiger partial charge in [-0.1, -0.05) is 12.1 Å². The van der Waals surface area contributed by atoms with Crippen LogP contribution in [-0.2, 0) is 19.0 Å². The van der Waals surface area contributed by atoms with Crippen LogP contribution in [0.15, 0.2) is 36.5 Å². The van der Waals surface area contributed by atoms with Crippen molar-refractivity contribution in [2.24, 2.45) is 0 Å². The zero-order valence-corrected chi connectivity index (χ0v) is 10.8. The fraction of sp³-hybridized carbons (Fsp3) is 0.214. The third kappa shape index (κ3) is 3.22. The molecule has 0 radical (unpaired) electrons. The average molecular weight is 321 g/mol. The van der Waals surface area contributed by atoms with E-state index in [-0.39, 0.29) is 5.56 Å². The van der Waals surface area contributed by atoms with Crippen LogP contribution in [0.1, 0.15) is 16.7 Å². The molecule has 8 heteroatoms. The van der Waals surface area contributed by atoms with Crippen molar-refractivity contribution in [3.8, 4) is 11.3 Å². The third-order valence-corrected chi connectivity index (χ3v) is 2.98. The molecule has 1 heterocycles. The molecule has 0 aliphatic rings. The van der Waals surface area contributed by atoms with Gasteiger partial charge in [0.2, 0.25) is 0 Å². The molecule has 2 rings (SSSR count). The van der Waals surface area contributed by atoms with Crippen LogP contribution >= 0.6 is 0 Å². The first-order valence-corrected chi connectivity index (χ1v) is 5.98. The number of alkyl halides is 6. The molecule has 0 amide bonds. The van der Waals surface area contributed by atoms with E-state index >= 15 is 0 Å². The molecule has 0 saturated carbocycles. The molecule has 0 fully saturated rings. The van der Waals surface area contributed by atoms with Crippen LogP contribution in [-0.4, -0.2) is 10.1 Å². The Balaban J connectivity index is 2.58. The fourth-order valence-corrected chi connectivity index (χ4v) is 1.99. The lowest BCUT2D eigenvalue weighted by atomic mass is 10.00. The minimum Gasteiger partial charge on any atom is -0.392 e. The van der Waals surface area contributed by atoms with Gasteiger partial charge in [0, 0.05) is 11.8 Å². The molecular formula is C14H9F6NO. The molecule has 1 aromatic carbocycles. The Kier molecular flexibility index (Phi) is 4.15. The van der Waals surface area contributed by atoms with Crippen molar-refractivity contribution in [1.82, 2.24) is 4.98 Å². The number of aliphatic hydroxyl groups is 1. The van der Waals surface area contributed by atoms with Gasteiger partial charge in [0.1, 0.15) is 0 Å². The van der Waals surface area contributed by atoms with Crippen molar-refractivity contribution >= 4 is 0 Å². The number of aromatic nitrogens is 1. The molecule has 2 aromatic rings. The van der Waals surface area contributed by atoms with Gasteiger partial charge in [-0.3, -0.25) is 4.98 Å². The first kappa shape index (κ1) is 16.3. The van der Waals surface area contributed by atoms with Crippen LogP contribution in [0.5, 0.6) is 0 Å². The SMILES string of the molecule is OCc1ccnc(-c2ccc(C(F)(F)F)cc2)c1C(F)(F)F. The summed E-state index contributed by atoms with van der Waals surface area (Å²) in [6.45, 7) is -0.856. The van der Waals surface area contributed by atoms with Crippen molar-refractivity contribution in [2.75, 3.05) is 0 Å². The smallest absolute Gasteiger partial charge is 0.392 e. The van der Waals surface area contributed by atoms with Crippen LogP contribution in [0.25, 0.3) is 11.3 Å². The standard InChI is InChI=1S/C14H9F6NO/c15-13(16,17)10-3-1-8(2-4-10)12-11(14(18,19)20)9(7-22)5-6-21-12/h1-6,22H,7H2. The first-order chi connectivity index (χ1) is 10.1. The Morgan fingerprint density at radius 3 is 1.91 bits per heavy atom. The van der Waals surface area contributed by atoms with Gasteiger partial charge >= 0.3 is 12.4 Å². The molecule has 0 unspecified atom stereocenters. The Morgan fingerprint density at radius 1 is 0.864 bits per heavy atom. The predicted molar refractivity (Wildman–Crippen MR) is 65.6 cm³/mol. The van der Waals surface area contributed by atoms with Crippen molar-refractivity contribution in [2.45, 2.75) is 19.0 Å². The van der Waals surface area contributed by atoms with E-state index in [1.54, 1.807) is 0 Å². The van der Waals surface area contributed by atoms with E-state index in [0.717, 1.165) is 24.4 Å². The lowest BCUT2D eigenvalue weighted by Crippen LogP contribution is -2.13. The maximum atomic E-state index is 13.1. The summed E-state index contributed by atoms with van der Waals surface area (Å²) in [5, 5.41) is 9.03. The number of benzene rings is 1. The third-order valence-electron chi connectivity index (χ3n) is 2.98. The van der Waals surface area contributed by atoms with Crippen molar-refractivity contribution in [3.05, 3.63) is 53.2 Å². The lowest BCUT2D eigenvalue weighted by Gasteiger charge is -2.16. The molecule has 1 N–H and O–H groups in total. The van der Waals surface area contributed by atoms with E-state index in [4.69, 9.17) is 5.11 Å². The lowest BCUT2D eigenvalue weighted by molar-refractivity contribution is -0.139.